The van der Waals surface area contributed by atoms with E-state index < -0.39 is 5.92 Å². The van der Waals surface area contributed by atoms with Crippen LogP contribution in [-0.4, -0.2) is 16.9 Å². The van der Waals surface area contributed by atoms with Crippen molar-refractivity contribution in [3.05, 3.63) is 60.7 Å². The fourth-order valence-corrected chi connectivity index (χ4v) is 3.26. The lowest BCUT2D eigenvalue weighted by Gasteiger charge is -2.40. The summed E-state index contributed by atoms with van der Waals surface area (Å²) in [6.45, 7) is 3.75. The summed E-state index contributed by atoms with van der Waals surface area (Å²) in [6, 6.07) is 18.4. The monoisotopic (exact) mass is 338 g/mol. The SMILES string of the molecule is CC(C)C1C(=O)N(c2ccccc2)C(=S)N(c2ccccc2)C1=O. The second kappa shape index (κ2) is 6.53. The first kappa shape index (κ1) is 16.3. The number of rotatable bonds is 3. The molecule has 0 bridgehead atoms. The van der Waals surface area contributed by atoms with E-state index in [2.05, 4.69) is 0 Å². The van der Waals surface area contributed by atoms with Crippen molar-refractivity contribution in [3.8, 4) is 0 Å². The van der Waals surface area contributed by atoms with Gasteiger partial charge < -0.3 is 0 Å². The highest BCUT2D eigenvalue weighted by Crippen LogP contribution is 2.31. The van der Waals surface area contributed by atoms with Crippen LogP contribution in [0, 0.1) is 11.8 Å². The fraction of sp³-hybridized carbons (Fsp3) is 0.211. The molecule has 4 nitrogen and oxygen atoms in total. The molecule has 0 atom stereocenters. The quantitative estimate of drug-likeness (QED) is 0.634. The van der Waals surface area contributed by atoms with E-state index in [0.29, 0.717) is 11.4 Å². The van der Waals surface area contributed by atoms with Crippen LogP contribution >= 0.6 is 12.2 Å². The van der Waals surface area contributed by atoms with Gasteiger partial charge in [-0.15, -0.1) is 0 Å². The summed E-state index contributed by atoms with van der Waals surface area (Å²) in [5, 5.41) is 0.194. The summed E-state index contributed by atoms with van der Waals surface area (Å²) in [5.74, 6) is -1.40. The number of para-hydroxylation sites is 2. The number of amides is 2. The average molecular weight is 338 g/mol. The Balaban J connectivity index is 2.12. The number of hydrogen-bond donors (Lipinski definition) is 0. The molecule has 1 aliphatic heterocycles. The van der Waals surface area contributed by atoms with Crippen LogP contribution in [0.3, 0.4) is 0 Å². The number of thiocarbonyl (C=S) groups is 1. The lowest BCUT2D eigenvalue weighted by Crippen LogP contribution is -2.61. The number of hydrogen-bond acceptors (Lipinski definition) is 3. The van der Waals surface area contributed by atoms with E-state index in [9.17, 15) is 9.59 Å². The maximum absolute atomic E-state index is 13.0. The molecular weight excluding hydrogens is 320 g/mol. The molecule has 1 aliphatic rings. The van der Waals surface area contributed by atoms with Crippen molar-refractivity contribution in [2.45, 2.75) is 13.8 Å². The fourth-order valence-electron chi connectivity index (χ4n) is 2.87. The molecular formula is C19H18N2O2S. The van der Waals surface area contributed by atoms with Crippen LogP contribution in [-0.2, 0) is 9.59 Å². The van der Waals surface area contributed by atoms with Gasteiger partial charge in [-0.05, 0) is 42.4 Å². The largest absolute Gasteiger partial charge is 0.273 e. The minimum atomic E-state index is -0.753. The van der Waals surface area contributed by atoms with E-state index in [1.807, 2.05) is 74.5 Å². The van der Waals surface area contributed by atoms with Gasteiger partial charge in [-0.2, -0.15) is 0 Å². The van der Waals surface area contributed by atoms with Gasteiger partial charge in [0.2, 0.25) is 11.8 Å². The Kier molecular flexibility index (Phi) is 4.44. The number of nitrogens with zero attached hydrogens (tertiary/aromatic N) is 2. The molecule has 2 aromatic carbocycles. The summed E-state index contributed by atoms with van der Waals surface area (Å²) in [7, 11) is 0. The summed E-state index contributed by atoms with van der Waals surface area (Å²) in [6.07, 6.45) is 0. The van der Waals surface area contributed by atoms with Gasteiger partial charge in [-0.3, -0.25) is 19.4 Å². The first-order valence-electron chi connectivity index (χ1n) is 7.84. The first-order chi connectivity index (χ1) is 11.5. The van der Waals surface area contributed by atoms with Crippen molar-refractivity contribution < 1.29 is 9.59 Å². The third-order valence-electron chi connectivity index (χ3n) is 4.05. The molecule has 1 heterocycles. The number of anilines is 2. The Bertz CT molecular complexity index is 713. The minimum absolute atomic E-state index is 0.120. The summed E-state index contributed by atoms with van der Waals surface area (Å²) in [5.41, 5.74) is 1.35. The highest BCUT2D eigenvalue weighted by molar-refractivity contribution is 7.81. The number of carbonyl (C=O) groups is 2. The number of benzene rings is 2. The lowest BCUT2D eigenvalue weighted by molar-refractivity contribution is -0.133. The Morgan fingerprint density at radius 1 is 0.792 bits per heavy atom. The molecule has 5 heteroatoms. The van der Waals surface area contributed by atoms with Crippen molar-refractivity contribution in [2.75, 3.05) is 9.80 Å². The van der Waals surface area contributed by atoms with Crippen molar-refractivity contribution in [1.29, 1.82) is 0 Å². The van der Waals surface area contributed by atoms with Gasteiger partial charge >= 0.3 is 0 Å². The maximum Gasteiger partial charge on any atom is 0.246 e. The molecule has 3 rings (SSSR count). The molecule has 122 valence electrons. The topological polar surface area (TPSA) is 40.6 Å². The Labute approximate surface area is 146 Å². The van der Waals surface area contributed by atoms with Gasteiger partial charge in [0.05, 0.1) is 11.4 Å². The molecule has 24 heavy (non-hydrogen) atoms. The summed E-state index contributed by atoms with van der Waals surface area (Å²) >= 11 is 5.52. The predicted molar refractivity (Wildman–Crippen MR) is 98.8 cm³/mol. The van der Waals surface area contributed by atoms with Crippen molar-refractivity contribution in [1.82, 2.24) is 0 Å². The Morgan fingerprint density at radius 2 is 1.17 bits per heavy atom. The second-order valence-corrected chi connectivity index (χ2v) is 6.39. The number of carbonyl (C=O) groups excluding carboxylic acids is 2. The normalized spacial score (nSPS) is 16.2. The zero-order chi connectivity index (χ0) is 17.3. The van der Waals surface area contributed by atoms with Crippen LogP contribution in [0.4, 0.5) is 11.4 Å². The van der Waals surface area contributed by atoms with Crippen molar-refractivity contribution >= 4 is 40.5 Å². The Morgan fingerprint density at radius 3 is 1.50 bits per heavy atom. The smallest absolute Gasteiger partial charge is 0.246 e. The second-order valence-electron chi connectivity index (χ2n) is 6.02. The molecule has 1 saturated heterocycles. The lowest BCUT2D eigenvalue weighted by atomic mass is 9.90. The molecule has 2 aromatic rings. The molecule has 1 fully saturated rings. The Hall–Kier alpha value is -2.53. The average Bonchev–Trinajstić information content (AvgIpc) is 2.56. The van der Waals surface area contributed by atoms with E-state index in [0.717, 1.165) is 0 Å². The molecule has 2 amide bonds. The highest BCUT2D eigenvalue weighted by Gasteiger charge is 2.46. The third kappa shape index (κ3) is 2.71. The van der Waals surface area contributed by atoms with Crippen LogP contribution in [0.5, 0.6) is 0 Å². The van der Waals surface area contributed by atoms with Crippen LogP contribution in [0.15, 0.2) is 60.7 Å². The van der Waals surface area contributed by atoms with Crippen LogP contribution in [0.2, 0.25) is 0 Å². The summed E-state index contributed by atoms with van der Waals surface area (Å²) in [4.78, 5) is 28.8. The maximum atomic E-state index is 13.0. The van der Waals surface area contributed by atoms with Crippen molar-refractivity contribution in [2.24, 2.45) is 11.8 Å². The molecule has 0 N–H and O–H groups in total. The van der Waals surface area contributed by atoms with E-state index >= 15 is 0 Å². The van der Waals surface area contributed by atoms with Crippen LogP contribution in [0.25, 0.3) is 0 Å². The van der Waals surface area contributed by atoms with Crippen molar-refractivity contribution in [3.63, 3.8) is 0 Å². The molecule has 0 aliphatic carbocycles. The van der Waals surface area contributed by atoms with Gasteiger partial charge in [-0.25, -0.2) is 0 Å². The predicted octanol–water partition coefficient (Wildman–Crippen LogP) is 3.62. The van der Waals surface area contributed by atoms with Crippen LogP contribution in [0.1, 0.15) is 13.8 Å². The molecule has 0 saturated carbocycles. The first-order valence-corrected chi connectivity index (χ1v) is 8.25. The van der Waals surface area contributed by atoms with Gasteiger partial charge in [0.25, 0.3) is 0 Å². The third-order valence-corrected chi connectivity index (χ3v) is 4.42. The molecule has 0 aromatic heterocycles. The summed E-state index contributed by atoms with van der Waals surface area (Å²) < 4.78 is 0. The molecule has 0 unspecified atom stereocenters. The standard InChI is InChI=1S/C19H18N2O2S/c1-13(2)16-17(22)20(14-9-5-3-6-10-14)19(24)21(18(16)23)15-11-7-4-8-12-15/h3-13,16H,1-2H3. The van der Waals surface area contributed by atoms with Gasteiger partial charge in [0.1, 0.15) is 5.92 Å². The van der Waals surface area contributed by atoms with E-state index in [1.54, 1.807) is 0 Å². The zero-order valence-electron chi connectivity index (χ0n) is 13.5. The van der Waals surface area contributed by atoms with E-state index in [-0.39, 0.29) is 22.8 Å². The van der Waals surface area contributed by atoms with Gasteiger partial charge in [0.15, 0.2) is 5.11 Å². The van der Waals surface area contributed by atoms with Crippen LogP contribution < -0.4 is 9.80 Å². The molecule has 0 radical (unpaired) electrons. The highest BCUT2D eigenvalue weighted by atomic mass is 32.1. The molecule has 0 spiro atoms. The van der Waals surface area contributed by atoms with Gasteiger partial charge in [-0.1, -0.05) is 50.2 Å². The minimum Gasteiger partial charge on any atom is -0.273 e. The zero-order valence-corrected chi connectivity index (χ0v) is 14.4. The van der Waals surface area contributed by atoms with E-state index in [4.69, 9.17) is 12.2 Å². The van der Waals surface area contributed by atoms with Gasteiger partial charge in [0, 0.05) is 0 Å². The van der Waals surface area contributed by atoms with E-state index in [1.165, 1.54) is 9.80 Å².